The van der Waals surface area contributed by atoms with Crippen molar-refractivity contribution in [3.63, 3.8) is 0 Å². The number of nitrogen functional groups attached to an aromatic ring is 1. The first-order valence-corrected chi connectivity index (χ1v) is 7.36. The molecule has 0 spiro atoms. The number of amides is 1. The Kier molecular flexibility index (Phi) is 4.39. The lowest BCUT2D eigenvalue weighted by Gasteiger charge is -2.07. The Balaban J connectivity index is 1.93. The van der Waals surface area contributed by atoms with E-state index in [1.54, 1.807) is 23.5 Å². The highest BCUT2D eigenvalue weighted by Crippen LogP contribution is 2.16. The van der Waals surface area contributed by atoms with Gasteiger partial charge in [0.05, 0.1) is 10.7 Å². The van der Waals surface area contributed by atoms with Crippen molar-refractivity contribution >= 4 is 22.9 Å². The van der Waals surface area contributed by atoms with Gasteiger partial charge in [-0.2, -0.15) is 0 Å². The molecule has 0 aliphatic rings. The fourth-order valence-corrected chi connectivity index (χ4v) is 2.84. The molecule has 0 atom stereocenters. The summed E-state index contributed by atoms with van der Waals surface area (Å²) in [6, 6.07) is 5.37. The number of aryl methyl sites for hydroxylation is 3. The molecule has 0 aliphatic carbocycles. The van der Waals surface area contributed by atoms with Crippen LogP contribution in [0.1, 0.15) is 31.5 Å². The number of carbonyl (C=O) groups excluding carboxylic acids is 1. The molecule has 2 aromatic rings. The molecule has 2 rings (SSSR count). The van der Waals surface area contributed by atoms with Crippen LogP contribution in [0.15, 0.2) is 18.2 Å². The third-order valence-corrected chi connectivity index (χ3v) is 4.34. The summed E-state index contributed by atoms with van der Waals surface area (Å²) in [5.41, 5.74) is 8.96. The number of anilines is 1. The lowest BCUT2D eigenvalue weighted by molar-refractivity contribution is 0.0953. The molecule has 0 radical (unpaired) electrons. The minimum atomic E-state index is -0.0835. The molecular formula is C15H19N3OS. The van der Waals surface area contributed by atoms with Gasteiger partial charge >= 0.3 is 0 Å². The predicted molar refractivity (Wildman–Crippen MR) is 83.2 cm³/mol. The van der Waals surface area contributed by atoms with Crippen molar-refractivity contribution in [2.45, 2.75) is 27.2 Å². The summed E-state index contributed by atoms with van der Waals surface area (Å²) >= 11 is 1.69. The number of nitrogens with two attached hydrogens (primary N) is 1. The van der Waals surface area contributed by atoms with Gasteiger partial charge < -0.3 is 11.1 Å². The van der Waals surface area contributed by atoms with Crippen LogP contribution in [0.2, 0.25) is 0 Å². The second kappa shape index (κ2) is 6.05. The summed E-state index contributed by atoms with van der Waals surface area (Å²) in [6.45, 7) is 6.55. The van der Waals surface area contributed by atoms with Gasteiger partial charge in [0, 0.05) is 29.1 Å². The van der Waals surface area contributed by atoms with E-state index in [4.69, 9.17) is 5.73 Å². The monoisotopic (exact) mass is 289 g/mol. The fourth-order valence-electron chi connectivity index (χ4n) is 1.91. The Morgan fingerprint density at radius 1 is 1.35 bits per heavy atom. The number of thiazole rings is 1. The topological polar surface area (TPSA) is 68.0 Å². The zero-order valence-electron chi connectivity index (χ0n) is 12.0. The van der Waals surface area contributed by atoms with Gasteiger partial charge in [0.1, 0.15) is 0 Å². The number of benzene rings is 1. The lowest BCUT2D eigenvalue weighted by atomic mass is 10.1. The molecule has 1 aromatic heterocycles. The first-order valence-electron chi connectivity index (χ1n) is 6.54. The van der Waals surface area contributed by atoms with E-state index < -0.39 is 0 Å². The highest BCUT2D eigenvalue weighted by molar-refractivity contribution is 7.11. The van der Waals surface area contributed by atoms with Gasteiger partial charge in [-0.3, -0.25) is 4.79 Å². The predicted octanol–water partition coefficient (Wildman–Crippen LogP) is 2.62. The molecule has 0 aliphatic heterocycles. The molecule has 0 saturated carbocycles. The Morgan fingerprint density at radius 3 is 2.75 bits per heavy atom. The first-order chi connectivity index (χ1) is 9.47. The number of rotatable bonds is 4. The number of hydrogen-bond acceptors (Lipinski definition) is 4. The van der Waals surface area contributed by atoms with Crippen LogP contribution in [-0.2, 0) is 6.42 Å². The van der Waals surface area contributed by atoms with Crippen molar-refractivity contribution in [2.75, 3.05) is 12.3 Å². The second-order valence-electron chi connectivity index (χ2n) is 4.83. The number of carbonyl (C=O) groups is 1. The second-order valence-corrected chi connectivity index (χ2v) is 6.12. The Labute approximate surface area is 123 Å². The molecule has 106 valence electrons. The van der Waals surface area contributed by atoms with Crippen molar-refractivity contribution in [1.29, 1.82) is 0 Å². The van der Waals surface area contributed by atoms with Gasteiger partial charge in [-0.05, 0) is 38.5 Å². The number of hydrogen-bond donors (Lipinski definition) is 2. The maximum atomic E-state index is 12.1. The fraction of sp³-hybridized carbons (Fsp3) is 0.333. The summed E-state index contributed by atoms with van der Waals surface area (Å²) in [4.78, 5) is 17.8. The summed E-state index contributed by atoms with van der Waals surface area (Å²) in [6.07, 6.45) is 0.756. The molecule has 5 heteroatoms. The summed E-state index contributed by atoms with van der Waals surface area (Å²) in [5, 5.41) is 3.98. The average Bonchev–Trinajstić information content (AvgIpc) is 2.71. The van der Waals surface area contributed by atoms with E-state index in [-0.39, 0.29) is 5.91 Å². The van der Waals surface area contributed by atoms with Crippen LogP contribution in [0.3, 0.4) is 0 Å². The van der Waals surface area contributed by atoms with Crippen molar-refractivity contribution in [2.24, 2.45) is 0 Å². The molecule has 0 bridgehead atoms. The van der Waals surface area contributed by atoms with Crippen molar-refractivity contribution in [3.8, 4) is 0 Å². The quantitative estimate of drug-likeness (QED) is 0.850. The van der Waals surface area contributed by atoms with Crippen LogP contribution in [0.5, 0.6) is 0 Å². The molecule has 1 amide bonds. The normalized spacial score (nSPS) is 10.6. The maximum Gasteiger partial charge on any atom is 0.251 e. The summed E-state index contributed by atoms with van der Waals surface area (Å²) < 4.78 is 0. The molecular weight excluding hydrogens is 270 g/mol. The molecule has 3 N–H and O–H groups in total. The lowest BCUT2D eigenvalue weighted by Crippen LogP contribution is -2.26. The minimum absolute atomic E-state index is 0.0835. The molecule has 1 heterocycles. The molecule has 20 heavy (non-hydrogen) atoms. The maximum absolute atomic E-state index is 12.1. The summed E-state index contributed by atoms with van der Waals surface area (Å²) in [7, 11) is 0. The smallest absolute Gasteiger partial charge is 0.251 e. The Hall–Kier alpha value is -1.88. The van der Waals surface area contributed by atoms with Crippen LogP contribution in [-0.4, -0.2) is 17.4 Å². The minimum Gasteiger partial charge on any atom is -0.399 e. The van der Waals surface area contributed by atoms with E-state index in [0.717, 1.165) is 22.7 Å². The molecule has 4 nitrogen and oxygen atoms in total. The van der Waals surface area contributed by atoms with Crippen LogP contribution >= 0.6 is 11.3 Å². The highest BCUT2D eigenvalue weighted by atomic mass is 32.1. The summed E-state index contributed by atoms with van der Waals surface area (Å²) in [5.74, 6) is -0.0835. The van der Waals surface area contributed by atoms with E-state index in [1.165, 1.54) is 4.88 Å². The molecule has 0 fully saturated rings. The Morgan fingerprint density at radius 2 is 2.10 bits per heavy atom. The van der Waals surface area contributed by atoms with E-state index in [1.807, 2.05) is 19.9 Å². The van der Waals surface area contributed by atoms with Crippen LogP contribution in [0, 0.1) is 20.8 Å². The highest BCUT2D eigenvalue weighted by Gasteiger charge is 2.09. The van der Waals surface area contributed by atoms with Crippen LogP contribution in [0.4, 0.5) is 5.69 Å². The van der Waals surface area contributed by atoms with Crippen molar-refractivity contribution in [1.82, 2.24) is 10.3 Å². The molecule has 0 saturated heterocycles. The SMILES string of the molecule is Cc1ccc(N)cc1C(=O)NCCc1nc(C)c(C)s1. The molecule has 0 unspecified atom stereocenters. The Bertz CT molecular complexity index is 615. The average molecular weight is 289 g/mol. The van der Waals surface area contributed by atoms with Crippen molar-refractivity contribution < 1.29 is 4.79 Å². The van der Waals surface area contributed by atoms with E-state index >= 15 is 0 Å². The van der Waals surface area contributed by atoms with Gasteiger partial charge in [-0.15, -0.1) is 11.3 Å². The van der Waals surface area contributed by atoms with Gasteiger partial charge in [0.15, 0.2) is 0 Å². The largest absolute Gasteiger partial charge is 0.399 e. The standard InChI is InChI=1S/C15H19N3OS/c1-9-4-5-12(16)8-13(9)15(19)17-7-6-14-18-10(2)11(3)20-14/h4-5,8H,6-7,16H2,1-3H3,(H,17,19). The first kappa shape index (κ1) is 14.5. The van der Waals surface area contributed by atoms with E-state index in [0.29, 0.717) is 17.8 Å². The third kappa shape index (κ3) is 3.36. The number of nitrogens with zero attached hydrogens (tertiary/aromatic N) is 1. The molecule has 1 aromatic carbocycles. The number of nitrogens with one attached hydrogen (secondary N) is 1. The third-order valence-electron chi connectivity index (χ3n) is 3.20. The van der Waals surface area contributed by atoms with Crippen LogP contribution < -0.4 is 11.1 Å². The zero-order chi connectivity index (χ0) is 14.7. The van der Waals surface area contributed by atoms with E-state index in [9.17, 15) is 4.79 Å². The van der Waals surface area contributed by atoms with Crippen molar-refractivity contribution in [3.05, 3.63) is 44.9 Å². The zero-order valence-corrected chi connectivity index (χ0v) is 12.8. The van der Waals surface area contributed by atoms with Gasteiger partial charge in [-0.1, -0.05) is 6.07 Å². The van der Waals surface area contributed by atoms with E-state index in [2.05, 4.69) is 17.2 Å². The number of aromatic nitrogens is 1. The van der Waals surface area contributed by atoms with Gasteiger partial charge in [0.2, 0.25) is 0 Å². The van der Waals surface area contributed by atoms with Gasteiger partial charge in [0.25, 0.3) is 5.91 Å². The van der Waals surface area contributed by atoms with Gasteiger partial charge in [-0.25, -0.2) is 4.98 Å². The van der Waals surface area contributed by atoms with Crippen LogP contribution in [0.25, 0.3) is 0 Å².